The Labute approximate surface area is 114 Å². The Morgan fingerprint density at radius 3 is 2.63 bits per heavy atom. The van der Waals surface area contributed by atoms with Gasteiger partial charge in [-0.2, -0.15) is 0 Å². The molecule has 2 aromatic rings. The number of non-ortho nitro benzene ring substituents is 1. The lowest BCUT2D eigenvalue weighted by Gasteiger charge is -2.08. The van der Waals surface area contributed by atoms with Gasteiger partial charge in [-0.1, -0.05) is 29.8 Å². The summed E-state index contributed by atoms with van der Waals surface area (Å²) < 4.78 is 0. The van der Waals surface area contributed by atoms with E-state index in [2.05, 4.69) is 0 Å². The number of hydrogen-bond donors (Lipinski definition) is 0. The van der Waals surface area contributed by atoms with Crippen LogP contribution in [0.15, 0.2) is 42.5 Å². The Kier molecular flexibility index (Phi) is 3.92. The predicted octanol–water partition coefficient (Wildman–Crippen LogP) is 3.66. The number of hydrogen-bond acceptors (Lipinski definition) is 3. The molecule has 0 aliphatic heterocycles. The molecule has 19 heavy (non-hydrogen) atoms. The Bertz CT molecular complexity index is 640. The first-order valence-corrected chi connectivity index (χ1v) is 5.96. The van der Waals surface area contributed by atoms with Crippen molar-refractivity contribution in [2.24, 2.45) is 0 Å². The van der Waals surface area contributed by atoms with E-state index in [4.69, 9.17) is 11.6 Å². The van der Waals surface area contributed by atoms with Crippen molar-refractivity contribution in [3.63, 3.8) is 0 Å². The van der Waals surface area contributed by atoms with E-state index in [9.17, 15) is 14.9 Å². The lowest BCUT2D eigenvalue weighted by atomic mass is 9.97. The normalized spacial score (nSPS) is 10.2. The Balaban J connectivity index is 2.60. The Morgan fingerprint density at radius 2 is 2.00 bits per heavy atom. The molecule has 0 amide bonds. The molecule has 0 saturated heterocycles. The molecule has 0 aliphatic rings. The minimum atomic E-state index is -0.460. The van der Waals surface area contributed by atoms with E-state index in [1.165, 1.54) is 12.1 Å². The van der Waals surface area contributed by atoms with Gasteiger partial charge < -0.3 is 4.79 Å². The first-order chi connectivity index (χ1) is 9.11. The van der Waals surface area contributed by atoms with Gasteiger partial charge in [-0.3, -0.25) is 10.1 Å². The zero-order valence-corrected chi connectivity index (χ0v) is 10.6. The summed E-state index contributed by atoms with van der Waals surface area (Å²) in [6.07, 6.45) is 0.981. The highest BCUT2D eigenvalue weighted by Crippen LogP contribution is 2.29. The van der Waals surface area contributed by atoms with Crippen LogP contribution in [0.3, 0.4) is 0 Å². The van der Waals surface area contributed by atoms with Crippen molar-refractivity contribution in [2.45, 2.75) is 6.42 Å². The van der Waals surface area contributed by atoms with Crippen LogP contribution in [-0.2, 0) is 11.2 Å². The van der Waals surface area contributed by atoms with Gasteiger partial charge in [0.05, 0.1) is 4.92 Å². The van der Waals surface area contributed by atoms with Gasteiger partial charge in [-0.25, -0.2) is 0 Å². The van der Waals surface area contributed by atoms with Crippen molar-refractivity contribution in [1.29, 1.82) is 0 Å². The second kappa shape index (κ2) is 5.63. The second-order valence-electron chi connectivity index (χ2n) is 3.98. The molecule has 0 N–H and O–H groups in total. The van der Waals surface area contributed by atoms with Gasteiger partial charge in [0, 0.05) is 23.6 Å². The summed E-state index contributed by atoms with van der Waals surface area (Å²) in [5.74, 6) is 0. The van der Waals surface area contributed by atoms with Crippen LogP contribution in [0.4, 0.5) is 5.69 Å². The molecule has 2 aromatic carbocycles. The molecule has 96 valence electrons. The third-order valence-electron chi connectivity index (χ3n) is 2.74. The highest BCUT2D eigenvalue weighted by Gasteiger charge is 2.12. The van der Waals surface area contributed by atoms with Crippen LogP contribution >= 0.6 is 11.6 Å². The highest BCUT2D eigenvalue weighted by molar-refractivity contribution is 6.30. The van der Waals surface area contributed by atoms with Gasteiger partial charge in [-0.15, -0.1) is 0 Å². The number of halogens is 1. The molecule has 4 nitrogen and oxygen atoms in total. The summed E-state index contributed by atoms with van der Waals surface area (Å²) in [4.78, 5) is 21.1. The monoisotopic (exact) mass is 275 g/mol. The van der Waals surface area contributed by atoms with E-state index in [0.29, 0.717) is 10.6 Å². The van der Waals surface area contributed by atoms with E-state index in [-0.39, 0.29) is 12.1 Å². The van der Waals surface area contributed by atoms with Gasteiger partial charge in [0.15, 0.2) is 0 Å². The van der Waals surface area contributed by atoms with Crippen LogP contribution < -0.4 is 0 Å². The summed E-state index contributed by atoms with van der Waals surface area (Å²) >= 11 is 5.92. The maximum absolute atomic E-state index is 10.8. The van der Waals surface area contributed by atoms with E-state index in [1.54, 1.807) is 30.3 Å². The molecule has 0 radical (unpaired) electrons. The van der Waals surface area contributed by atoms with Crippen LogP contribution in [0.1, 0.15) is 5.56 Å². The van der Waals surface area contributed by atoms with Gasteiger partial charge in [-0.05, 0) is 28.8 Å². The predicted molar refractivity (Wildman–Crippen MR) is 73.3 cm³/mol. The number of nitrogens with zero attached hydrogens (tertiary/aromatic N) is 1. The quantitative estimate of drug-likeness (QED) is 0.486. The summed E-state index contributed by atoms with van der Waals surface area (Å²) in [6, 6.07) is 11.5. The van der Waals surface area contributed by atoms with Gasteiger partial charge in [0.1, 0.15) is 6.29 Å². The largest absolute Gasteiger partial charge is 0.303 e. The van der Waals surface area contributed by atoms with E-state index >= 15 is 0 Å². The van der Waals surface area contributed by atoms with Crippen molar-refractivity contribution in [3.8, 4) is 11.1 Å². The maximum atomic E-state index is 10.8. The minimum Gasteiger partial charge on any atom is -0.303 e. The second-order valence-corrected chi connectivity index (χ2v) is 4.42. The number of rotatable bonds is 4. The average molecular weight is 276 g/mol. The fourth-order valence-electron chi connectivity index (χ4n) is 1.87. The first-order valence-electron chi connectivity index (χ1n) is 5.58. The molecular weight excluding hydrogens is 266 g/mol. The summed E-state index contributed by atoms with van der Waals surface area (Å²) in [6.45, 7) is 0. The number of carbonyl (C=O) groups excluding carboxylic acids is 1. The fraction of sp³-hybridized carbons (Fsp3) is 0.0714. The molecule has 5 heteroatoms. The number of carbonyl (C=O) groups is 1. The molecule has 0 fully saturated rings. The molecule has 0 spiro atoms. The van der Waals surface area contributed by atoms with E-state index in [0.717, 1.165) is 17.4 Å². The molecule has 0 aliphatic carbocycles. The number of nitro benzene ring substituents is 1. The highest BCUT2D eigenvalue weighted by atomic mass is 35.5. The number of nitro groups is 1. The van der Waals surface area contributed by atoms with Crippen LogP contribution in [0.2, 0.25) is 5.02 Å². The van der Waals surface area contributed by atoms with Crippen LogP contribution in [0, 0.1) is 10.1 Å². The van der Waals surface area contributed by atoms with Gasteiger partial charge >= 0.3 is 0 Å². The smallest absolute Gasteiger partial charge is 0.270 e. The molecule has 0 unspecified atom stereocenters. The third-order valence-corrected chi connectivity index (χ3v) is 2.98. The fourth-order valence-corrected chi connectivity index (χ4v) is 2.06. The van der Waals surface area contributed by atoms with Gasteiger partial charge in [0.25, 0.3) is 5.69 Å². The minimum absolute atomic E-state index is 0.00961. The van der Waals surface area contributed by atoms with Crippen molar-refractivity contribution >= 4 is 23.6 Å². The lowest BCUT2D eigenvalue weighted by molar-refractivity contribution is -0.384. The van der Waals surface area contributed by atoms with Crippen molar-refractivity contribution < 1.29 is 9.72 Å². The maximum Gasteiger partial charge on any atom is 0.270 e. The summed E-state index contributed by atoms with van der Waals surface area (Å²) in [7, 11) is 0. The van der Waals surface area contributed by atoms with E-state index < -0.39 is 4.92 Å². The molecule has 0 heterocycles. The molecule has 0 bridgehead atoms. The topological polar surface area (TPSA) is 60.2 Å². The summed E-state index contributed by atoms with van der Waals surface area (Å²) in [5, 5.41) is 11.4. The van der Waals surface area contributed by atoms with Crippen LogP contribution in [-0.4, -0.2) is 11.2 Å². The van der Waals surface area contributed by atoms with Crippen molar-refractivity contribution in [1.82, 2.24) is 0 Å². The SMILES string of the molecule is O=CCc1ccc([N+](=O)[O-])cc1-c1cccc(Cl)c1. The Morgan fingerprint density at radius 1 is 1.21 bits per heavy atom. The molecular formula is C14H10ClNO3. The molecule has 2 rings (SSSR count). The van der Waals surface area contributed by atoms with Crippen LogP contribution in [0.5, 0.6) is 0 Å². The molecule has 0 saturated carbocycles. The van der Waals surface area contributed by atoms with Crippen molar-refractivity contribution in [3.05, 3.63) is 63.2 Å². The Hall–Kier alpha value is -2.20. The molecule has 0 atom stereocenters. The standard InChI is InChI=1S/C14H10ClNO3/c15-12-3-1-2-11(8-12)14-9-13(16(18)19)5-4-10(14)6-7-17/h1-5,7-9H,6H2. The zero-order valence-electron chi connectivity index (χ0n) is 9.88. The molecule has 0 aromatic heterocycles. The zero-order chi connectivity index (χ0) is 13.8. The first kappa shape index (κ1) is 13.2. The van der Waals surface area contributed by atoms with E-state index in [1.807, 2.05) is 0 Å². The number of benzene rings is 2. The average Bonchev–Trinajstić information content (AvgIpc) is 2.39. The summed E-state index contributed by atoms with van der Waals surface area (Å²) in [5.41, 5.74) is 2.14. The van der Waals surface area contributed by atoms with Crippen molar-refractivity contribution in [2.75, 3.05) is 0 Å². The van der Waals surface area contributed by atoms with Gasteiger partial charge in [0.2, 0.25) is 0 Å². The lowest BCUT2D eigenvalue weighted by Crippen LogP contribution is -1.94. The van der Waals surface area contributed by atoms with Crippen LogP contribution in [0.25, 0.3) is 11.1 Å². The number of aldehydes is 1. The third kappa shape index (κ3) is 2.98.